The second-order valence-corrected chi connectivity index (χ2v) is 5.86. The number of rotatable bonds is 4. The molecule has 0 bridgehead atoms. The first kappa shape index (κ1) is 15.1. The number of amides is 1. The van der Waals surface area contributed by atoms with Crippen molar-refractivity contribution < 1.29 is 4.79 Å². The second kappa shape index (κ2) is 6.95. The minimum atomic E-state index is -0.103. The summed E-state index contributed by atoms with van der Waals surface area (Å²) in [6, 6.07) is 13.6. The molecule has 0 aliphatic carbocycles. The third kappa shape index (κ3) is 3.64. The van der Waals surface area contributed by atoms with E-state index < -0.39 is 0 Å². The van der Waals surface area contributed by atoms with Crippen LogP contribution in [0.1, 0.15) is 28.4 Å². The molecule has 0 aliphatic heterocycles. The number of carbonyl (C=O) groups is 1. The number of halogens is 1. The Morgan fingerprint density at radius 3 is 2.55 bits per heavy atom. The van der Waals surface area contributed by atoms with Crippen LogP contribution in [0.5, 0.6) is 0 Å². The van der Waals surface area contributed by atoms with E-state index >= 15 is 0 Å². The molecule has 0 atom stereocenters. The van der Waals surface area contributed by atoms with Crippen molar-refractivity contribution in [2.75, 3.05) is 0 Å². The Kier molecular flexibility index (Phi) is 5.26. The van der Waals surface area contributed by atoms with Gasteiger partial charge in [-0.1, -0.05) is 47.1 Å². The highest BCUT2D eigenvalue weighted by Gasteiger charge is 2.10. The summed E-state index contributed by atoms with van der Waals surface area (Å²) in [7, 11) is 0. The molecule has 2 nitrogen and oxygen atoms in total. The Labute approximate surface area is 133 Å². The maximum absolute atomic E-state index is 12.2. The second-order valence-electron chi connectivity index (χ2n) is 4.47. The highest BCUT2D eigenvalue weighted by atomic mass is 79.9. The molecule has 1 amide bonds. The van der Waals surface area contributed by atoms with Crippen LogP contribution in [-0.4, -0.2) is 5.91 Å². The third-order valence-corrected chi connectivity index (χ3v) is 4.01. The topological polar surface area (TPSA) is 29.1 Å². The summed E-state index contributed by atoms with van der Waals surface area (Å²) in [6.45, 7) is 2.65. The molecule has 0 radical (unpaired) electrons. The summed E-state index contributed by atoms with van der Waals surface area (Å²) < 4.78 is 0.912. The van der Waals surface area contributed by atoms with E-state index in [2.05, 4.69) is 46.9 Å². The molecule has 0 spiro atoms. The van der Waals surface area contributed by atoms with Gasteiger partial charge in [-0.25, -0.2) is 0 Å². The molecule has 1 N–H and O–H groups in total. The molecule has 0 saturated carbocycles. The lowest BCUT2D eigenvalue weighted by Gasteiger charge is -2.10. The van der Waals surface area contributed by atoms with Gasteiger partial charge < -0.3 is 5.32 Å². The van der Waals surface area contributed by atoms with E-state index in [-0.39, 0.29) is 5.91 Å². The standard InChI is InChI=1S/C16H16BrNOS/c1-2-11-5-3-4-6-12(11)10-18-16(19)14-8-7-13(17)9-15(14)20/h3-9,20H,2,10H2,1H3,(H,18,19). The van der Waals surface area contributed by atoms with Gasteiger partial charge in [-0.3, -0.25) is 4.79 Å². The molecule has 0 aromatic heterocycles. The monoisotopic (exact) mass is 349 g/mol. The molecule has 0 heterocycles. The Bertz CT molecular complexity index is 628. The van der Waals surface area contributed by atoms with Gasteiger partial charge in [0.2, 0.25) is 0 Å². The molecule has 2 aromatic rings. The number of benzene rings is 2. The first-order valence-corrected chi connectivity index (χ1v) is 7.69. The summed E-state index contributed by atoms with van der Waals surface area (Å²) >= 11 is 7.69. The fraction of sp³-hybridized carbons (Fsp3) is 0.188. The van der Waals surface area contributed by atoms with Crippen LogP contribution in [0.15, 0.2) is 51.8 Å². The molecule has 0 fully saturated rings. The van der Waals surface area contributed by atoms with Crippen molar-refractivity contribution in [3.05, 3.63) is 63.6 Å². The van der Waals surface area contributed by atoms with Crippen molar-refractivity contribution in [2.24, 2.45) is 0 Å². The number of thiol groups is 1. The zero-order chi connectivity index (χ0) is 14.5. The SMILES string of the molecule is CCc1ccccc1CNC(=O)c1ccc(Br)cc1S. The van der Waals surface area contributed by atoms with E-state index in [9.17, 15) is 4.79 Å². The predicted octanol–water partition coefficient (Wildman–Crippen LogP) is 4.23. The molecule has 20 heavy (non-hydrogen) atoms. The van der Waals surface area contributed by atoms with Crippen LogP contribution >= 0.6 is 28.6 Å². The maximum atomic E-state index is 12.2. The van der Waals surface area contributed by atoms with Gasteiger partial charge in [0.15, 0.2) is 0 Å². The van der Waals surface area contributed by atoms with Crippen molar-refractivity contribution >= 4 is 34.5 Å². The van der Waals surface area contributed by atoms with Gasteiger partial charge in [-0.2, -0.15) is 0 Å². The predicted molar refractivity (Wildman–Crippen MR) is 88.4 cm³/mol. The average molecular weight is 350 g/mol. The van der Waals surface area contributed by atoms with Crippen LogP contribution < -0.4 is 5.32 Å². The van der Waals surface area contributed by atoms with E-state index in [1.807, 2.05) is 30.3 Å². The first-order chi connectivity index (χ1) is 9.61. The van der Waals surface area contributed by atoms with Gasteiger partial charge in [-0.15, -0.1) is 12.6 Å². The van der Waals surface area contributed by atoms with Crippen molar-refractivity contribution in [3.8, 4) is 0 Å². The van der Waals surface area contributed by atoms with Crippen LogP contribution in [0.4, 0.5) is 0 Å². The summed E-state index contributed by atoms with van der Waals surface area (Å²) in [5.41, 5.74) is 3.00. The minimum Gasteiger partial charge on any atom is -0.348 e. The zero-order valence-corrected chi connectivity index (χ0v) is 13.7. The first-order valence-electron chi connectivity index (χ1n) is 6.45. The van der Waals surface area contributed by atoms with Gasteiger partial charge in [0, 0.05) is 15.9 Å². The molecule has 104 valence electrons. The average Bonchev–Trinajstić information content (AvgIpc) is 2.45. The van der Waals surface area contributed by atoms with Crippen molar-refractivity contribution in [1.29, 1.82) is 0 Å². The van der Waals surface area contributed by atoms with E-state index in [4.69, 9.17) is 0 Å². The van der Waals surface area contributed by atoms with Crippen LogP contribution in [0.25, 0.3) is 0 Å². The maximum Gasteiger partial charge on any atom is 0.252 e. The Morgan fingerprint density at radius 2 is 1.90 bits per heavy atom. The van der Waals surface area contributed by atoms with Crippen molar-refractivity contribution in [2.45, 2.75) is 24.8 Å². The minimum absolute atomic E-state index is 0.103. The van der Waals surface area contributed by atoms with Crippen LogP contribution in [-0.2, 0) is 13.0 Å². The lowest BCUT2D eigenvalue weighted by atomic mass is 10.1. The van der Waals surface area contributed by atoms with E-state index in [0.29, 0.717) is 17.0 Å². The van der Waals surface area contributed by atoms with Crippen LogP contribution in [0.3, 0.4) is 0 Å². The fourth-order valence-corrected chi connectivity index (χ4v) is 2.90. The molecular formula is C16H16BrNOS. The number of aryl methyl sites for hydroxylation is 1. The number of hydrogen-bond acceptors (Lipinski definition) is 2. The van der Waals surface area contributed by atoms with Gasteiger partial charge in [0.1, 0.15) is 0 Å². The van der Waals surface area contributed by atoms with Crippen LogP contribution in [0.2, 0.25) is 0 Å². The molecule has 2 aromatic carbocycles. The number of carbonyl (C=O) groups excluding carboxylic acids is 1. The summed E-state index contributed by atoms with van der Waals surface area (Å²) in [4.78, 5) is 12.8. The lowest BCUT2D eigenvalue weighted by Crippen LogP contribution is -2.23. The Hall–Kier alpha value is -1.26. The van der Waals surface area contributed by atoms with Gasteiger partial charge in [0.05, 0.1) is 5.56 Å². The molecular weight excluding hydrogens is 334 g/mol. The smallest absolute Gasteiger partial charge is 0.252 e. The van der Waals surface area contributed by atoms with E-state index in [1.54, 1.807) is 6.07 Å². The lowest BCUT2D eigenvalue weighted by molar-refractivity contribution is 0.0948. The quantitative estimate of drug-likeness (QED) is 0.794. The summed E-state index contributed by atoms with van der Waals surface area (Å²) in [6.07, 6.45) is 0.960. The molecule has 0 aliphatic rings. The number of hydrogen-bond donors (Lipinski definition) is 2. The van der Waals surface area contributed by atoms with Gasteiger partial charge >= 0.3 is 0 Å². The normalized spacial score (nSPS) is 10.3. The fourth-order valence-electron chi connectivity index (χ4n) is 2.04. The number of nitrogens with one attached hydrogen (secondary N) is 1. The van der Waals surface area contributed by atoms with Gasteiger partial charge in [0.25, 0.3) is 5.91 Å². The zero-order valence-electron chi connectivity index (χ0n) is 11.2. The van der Waals surface area contributed by atoms with Crippen molar-refractivity contribution in [3.63, 3.8) is 0 Å². The Morgan fingerprint density at radius 1 is 1.20 bits per heavy atom. The summed E-state index contributed by atoms with van der Waals surface area (Å²) in [5, 5.41) is 2.95. The van der Waals surface area contributed by atoms with E-state index in [0.717, 1.165) is 16.5 Å². The van der Waals surface area contributed by atoms with Gasteiger partial charge in [-0.05, 0) is 35.7 Å². The molecule has 4 heteroatoms. The van der Waals surface area contributed by atoms with Crippen LogP contribution in [0, 0.1) is 0 Å². The Balaban J connectivity index is 2.09. The van der Waals surface area contributed by atoms with E-state index in [1.165, 1.54) is 5.56 Å². The highest BCUT2D eigenvalue weighted by Crippen LogP contribution is 2.20. The molecule has 0 unspecified atom stereocenters. The molecule has 2 rings (SSSR count). The summed E-state index contributed by atoms with van der Waals surface area (Å²) in [5.74, 6) is -0.103. The third-order valence-electron chi connectivity index (χ3n) is 3.14. The molecule has 0 saturated heterocycles. The largest absolute Gasteiger partial charge is 0.348 e. The highest BCUT2D eigenvalue weighted by molar-refractivity contribution is 9.10. The van der Waals surface area contributed by atoms with Crippen molar-refractivity contribution in [1.82, 2.24) is 5.32 Å².